The van der Waals surface area contributed by atoms with Gasteiger partial charge in [-0.05, 0) is 30.2 Å². The van der Waals surface area contributed by atoms with Gasteiger partial charge in [0.25, 0.3) is 0 Å². The Labute approximate surface area is 155 Å². The summed E-state index contributed by atoms with van der Waals surface area (Å²) in [6.07, 6.45) is 3.27. The number of imidazole rings is 1. The van der Waals surface area contributed by atoms with E-state index < -0.39 is 0 Å². The van der Waals surface area contributed by atoms with Crippen molar-refractivity contribution in [3.05, 3.63) is 60.4 Å². The number of para-hydroxylation sites is 3. The van der Waals surface area contributed by atoms with Gasteiger partial charge in [0.1, 0.15) is 5.82 Å². The quantitative estimate of drug-likeness (QED) is 0.650. The van der Waals surface area contributed by atoms with E-state index in [0.29, 0.717) is 18.8 Å². The zero-order valence-corrected chi connectivity index (χ0v) is 15.6. The standard InChI is InChI=1S/C22H27N3O/c1-3-17(4-2)16-23-22(26)15-14-21-24-19-12-8-9-13-20(19)25(21)18-10-6-5-7-11-18/h5-13,17H,3-4,14-16H2,1-2H3,(H,23,26). The fourth-order valence-electron chi connectivity index (χ4n) is 3.26. The highest BCUT2D eigenvalue weighted by atomic mass is 16.1. The number of fused-ring (bicyclic) bond motifs is 1. The van der Waals surface area contributed by atoms with E-state index in [0.717, 1.165) is 41.9 Å². The van der Waals surface area contributed by atoms with Crippen molar-refractivity contribution in [3.63, 3.8) is 0 Å². The zero-order chi connectivity index (χ0) is 18.4. The molecular weight excluding hydrogens is 322 g/mol. The van der Waals surface area contributed by atoms with Crippen molar-refractivity contribution >= 4 is 16.9 Å². The lowest BCUT2D eigenvalue weighted by Gasteiger charge is -2.13. The Balaban J connectivity index is 1.77. The first-order valence-corrected chi connectivity index (χ1v) is 9.51. The van der Waals surface area contributed by atoms with Crippen LogP contribution in [0.2, 0.25) is 0 Å². The Hall–Kier alpha value is -2.62. The second-order valence-electron chi connectivity index (χ2n) is 6.67. The number of nitrogens with one attached hydrogen (secondary N) is 1. The number of aryl methyl sites for hydroxylation is 1. The van der Waals surface area contributed by atoms with Crippen molar-refractivity contribution in [2.24, 2.45) is 5.92 Å². The van der Waals surface area contributed by atoms with E-state index >= 15 is 0 Å². The molecule has 1 N–H and O–H groups in total. The Morgan fingerprint density at radius 2 is 1.73 bits per heavy atom. The summed E-state index contributed by atoms with van der Waals surface area (Å²) >= 11 is 0. The van der Waals surface area contributed by atoms with E-state index in [1.54, 1.807) is 0 Å². The SMILES string of the molecule is CCC(CC)CNC(=O)CCc1nc2ccccc2n1-c1ccccc1. The number of hydrogen-bond acceptors (Lipinski definition) is 2. The summed E-state index contributed by atoms with van der Waals surface area (Å²) in [6, 6.07) is 18.3. The third kappa shape index (κ3) is 4.13. The highest BCUT2D eigenvalue weighted by molar-refractivity contribution is 5.79. The average molecular weight is 349 g/mol. The van der Waals surface area contributed by atoms with E-state index in [-0.39, 0.29) is 5.91 Å². The maximum Gasteiger partial charge on any atom is 0.220 e. The third-order valence-electron chi connectivity index (χ3n) is 4.96. The van der Waals surface area contributed by atoms with Crippen molar-refractivity contribution in [2.75, 3.05) is 6.54 Å². The van der Waals surface area contributed by atoms with Crippen LogP contribution >= 0.6 is 0 Å². The van der Waals surface area contributed by atoms with Crippen molar-refractivity contribution in [3.8, 4) is 5.69 Å². The number of rotatable bonds is 8. The van der Waals surface area contributed by atoms with Gasteiger partial charge in [-0.2, -0.15) is 0 Å². The van der Waals surface area contributed by atoms with Crippen molar-refractivity contribution < 1.29 is 4.79 Å². The van der Waals surface area contributed by atoms with Crippen LogP contribution in [0.5, 0.6) is 0 Å². The molecule has 4 nitrogen and oxygen atoms in total. The highest BCUT2D eigenvalue weighted by Gasteiger charge is 2.14. The van der Waals surface area contributed by atoms with Crippen molar-refractivity contribution in [1.82, 2.24) is 14.9 Å². The molecule has 0 fully saturated rings. The van der Waals surface area contributed by atoms with E-state index in [2.05, 4.69) is 41.9 Å². The number of amides is 1. The predicted octanol–water partition coefficient (Wildman–Crippen LogP) is 4.51. The largest absolute Gasteiger partial charge is 0.356 e. The van der Waals surface area contributed by atoms with Gasteiger partial charge in [-0.15, -0.1) is 0 Å². The molecule has 0 unspecified atom stereocenters. The number of aromatic nitrogens is 2. The molecule has 0 saturated carbocycles. The molecule has 136 valence electrons. The number of carbonyl (C=O) groups excluding carboxylic acids is 1. The summed E-state index contributed by atoms with van der Waals surface area (Å²) in [5.41, 5.74) is 3.11. The van der Waals surface area contributed by atoms with Crippen LogP contribution in [-0.2, 0) is 11.2 Å². The molecule has 2 aromatic carbocycles. The molecule has 0 aliphatic rings. The van der Waals surface area contributed by atoms with Gasteiger partial charge in [0.2, 0.25) is 5.91 Å². The minimum absolute atomic E-state index is 0.101. The molecule has 0 saturated heterocycles. The zero-order valence-electron chi connectivity index (χ0n) is 15.6. The van der Waals surface area contributed by atoms with Crippen LogP contribution in [0.1, 0.15) is 38.9 Å². The van der Waals surface area contributed by atoms with Gasteiger partial charge in [0.05, 0.1) is 11.0 Å². The molecule has 0 spiro atoms. The van der Waals surface area contributed by atoms with Crippen LogP contribution in [0.3, 0.4) is 0 Å². The normalized spacial score (nSPS) is 11.2. The molecule has 1 aromatic heterocycles. The van der Waals surface area contributed by atoms with Gasteiger partial charge >= 0.3 is 0 Å². The second kappa shape index (κ2) is 8.65. The minimum atomic E-state index is 0.101. The van der Waals surface area contributed by atoms with Crippen LogP contribution in [0.15, 0.2) is 54.6 Å². The van der Waals surface area contributed by atoms with Crippen LogP contribution in [0, 0.1) is 5.92 Å². The summed E-state index contributed by atoms with van der Waals surface area (Å²) in [5, 5.41) is 3.07. The van der Waals surface area contributed by atoms with Crippen molar-refractivity contribution in [1.29, 1.82) is 0 Å². The lowest BCUT2D eigenvalue weighted by atomic mass is 10.0. The van der Waals surface area contributed by atoms with E-state index in [4.69, 9.17) is 4.98 Å². The Morgan fingerprint density at radius 3 is 2.46 bits per heavy atom. The first-order chi connectivity index (χ1) is 12.7. The summed E-state index contributed by atoms with van der Waals surface area (Å²) < 4.78 is 2.16. The second-order valence-corrected chi connectivity index (χ2v) is 6.67. The number of carbonyl (C=O) groups is 1. The molecule has 0 bridgehead atoms. The molecule has 1 heterocycles. The molecule has 0 aliphatic heterocycles. The summed E-state index contributed by atoms with van der Waals surface area (Å²) in [7, 11) is 0. The van der Waals surface area contributed by atoms with Gasteiger partial charge < -0.3 is 5.32 Å². The van der Waals surface area contributed by atoms with Crippen LogP contribution in [-0.4, -0.2) is 22.0 Å². The van der Waals surface area contributed by atoms with Crippen molar-refractivity contribution in [2.45, 2.75) is 39.5 Å². The molecule has 3 rings (SSSR count). The first kappa shape index (κ1) is 18.2. The molecule has 0 atom stereocenters. The monoisotopic (exact) mass is 349 g/mol. The summed E-state index contributed by atoms with van der Waals surface area (Å²) in [4.78, 5) is 17.0. The van der Waals surface area contributed by atoms with E-state index in [9.17, 15) is 4.79 Å². The van der Waals surface area contributed by atoms with Crippen LogP contribution in [0.4, 0.5) is 0 Å². The smallest absolute Gasteiger partial charge is 0.220 e. The Bertz CT molecular complexity index is 850. The maximum atomic E-state index is 12.3. The van der Waals surface area contributed by atoms with Gasteiger partial charge in [-0.25, -0.2) is 4.98 Å². The number of hydrogen-bond donors (Lipinski definition) is 1. The fourth-order valence-corrected chi connectivity index (χ4v) is 3.26. The molecule has 0 aliphatic carbocycles. The molecule has 4 heteroatoms. The summed E-state index contributed by atoms with van der Waals surface area (Å²) in [6.45, 7) is 5.10. The number of benzene rings is 2. The lowest BCUT2D eigenvalue weighted by Crippen LogP contribution is -2.29. The Morgan fingerprint density at radius 1 is 1.04 bits per heavy atom. The molecule has 3 aromatic rings. The lowest BCUT2D eigenvalue weighted by molar-refractivity contribution is -0.121. The first-order valence-electron chi connectivity index (χ1n) is 9.51. The minimum Gasteiger partial charge on any atom is -0.356 e. The molecule has 0 radical (unpaired) electrons. The molecule has 26 heavy (non-hydrogen) atoms. The predicted molar refractivity (Wildman–Crippen MR) is 106 cm³/mol. The third-order valence-corrected chi connectivity index (χ3v) is 4.96. The Kier molecular flexibility index (Phi) is 6.05. The fraction of sp³-hybridized carbons (Fsp3) is 0.364. The van der Waals surface area contributed by atoms with E-state index in [1.807, 2.05) is 36.4 Å². The van der Waals surface area contributed by atoms with Gasteiger partial charge in [-0.3, -0.25) is 9.36 Å². The molecular formula is C22H27N3O. The molecule has 1 amide bonds. The van der Waals surface area contributed by atoms with Gasteiger partial charge in [0, 0.05) is 25.1 Å². The van der Waals surface area contributed by atoms with Gasteiger partial charge in [-0.1, -0.05) is 57.0 Å². The summed E-state index contributed by atoms with van der Waals surface area (Å²) in [5.74, 6) is 1.59. The topological polar surface area (TPSA) is 46.9 Å². The van der Waals surface area contributed by atoms with Gasteiger partial charge in [0.15, 0.2) is 0 Å². The maximum absolute atomic E-state index is 12.3. The average Bonchev–Trinajstić information content (AvgIpc) is 3.06. The van der Waals surface area contributed by atoms with Crippen LogP contribution < -0.4 is 5.32 Å². The number of nitrogens with zero attached hydrogens (tertiary/aromatic N) is 2. The van der Waals surface area contributed by atoms with E-state index in [1.165, 1.54) is 0 Å². The van der Waals surface area contributed by atoms with Crippen LogP contribution in [0.25, 0.3) is 16.7 Å². The highest BCUT2D eigenvalue weighted by Crippen LogP contribution is 2.22.